The van der Waals surface area contributed by atoms with Crippen molar-refractivity contribution in [1.29, 1.82) is 0 Å². The molecule has 0 aliphatic rings. The number of aliphatic imine (C=N–C) groups is 1. The summed E-state index contributed by atoms with van der Waals surface area (Å²) in [5, 5.41) is 30.7. The average molecular weight is 584 g/mol. The number of aliphatic hydroxyl groups excluding tert-OH is 2. The molecule has 0 aromatic rings. The molecule has 3 unspecified atom stereocenters. The predicted octanol–water partition coefficient (Wildman–Crippen LogP) is 4.38. The smallest absolute Gasteiger partial charge is 0.323 e. The number of ether oxygens (including phenoxy) is 1. The van der Waals surface area contributed by atoms with Gasteiger partial charge in [0.25, 0.3) is 0 Å². The molecule has 0 aliphatic carbocycles. The van der Waals surface area contributed by atoms with Crippen LogP contribution in [0.4, 0.5) is 0 Å². The number of hydrogen-bond acceptors (Lipinski definition) is 9. The minimum Gasteiger partial charge on any atom is -0.465 e. The van der Waals surface area contributed by atoms with Crippen LogP contribution in [0.3, 0.4) is 0 Å². The summed E-state index contributed by atoms with van der Waals surface area (Å²) in [6.07, 6.45) is 16.5. The fraction of sp³-hybridized carbons (Fsp3) is 0.875. The molecule has 0 aliphatic heterocycles. The monoisotopic (exact) mass is 584 g/mol. The molecule has 0 aromatic carbocycles. The van der Waals surface area contributed by atoms with Crippen molar-refractivity contribution in [2.75, 3.05) is 53.4 Å². The van der Waals surface area contributed by atoms with E-state index in [0.29, 0.717) is 39.1 Å². The Bertz CT molecular complexity index is 626. The second-order valence-corrected chi connectivity index (χ2v) is 11.2. The van der Waals surface area contributed by atoms with Gasteiger partial charge >= 0.3 is 5.97 Å². The number of carbonyl (C=O) groups excluding carboxylic acids is 1. The van der Waals surface area contributed by atoms with Crippen LogP contribution < -0.4 is 16.0 Å². The highest BCUT2D eigenvalue weighted by atomic mass is 16.5. The van der Waals surface area contributed by atoms with E-state index in [1.165, 1.54) is 44.9 Å². The second kappa shape index (κ2) is 28.6. The van der Waals surface area contributed by atoms with E-state index >= 15 is 0 Å². The highest BCUT2D eigenvalue weighted by molar-refractivity contribution is 5.75. The van der Waals surface area contributed by atoms with E-state index in [4.69, 9.17) is 4.74 Å². The van der Waals surface area contributed by atoms with E-state index in [1.807, 2.05) is 0 Å². The van der Waals surface area contributed by atoms with Gasteiger partial charge in [0.2, 0.25) is 0 Å². The normalized spacial score (nSPS) is 14.2. The van der Waals surface area contributed by atoms with Gasteiger partial charge in [-0.3, -0.25) is 14.7 Å². The zero-order chi connectivity index (χ0) is 30.6. The van der Waals surface area contributed by atoms with Gasteiger partial charge in [0.15, 0.2) is 0 Å². The number of nitrogens with one attached hydrogen (secondary N) is 3. The molecule has 242 valence electrons. The van der Waals surface area contributed by atoms with Crippen molar-refractivity contribution < 1.29 is 19.7 Å². The van der Waals surface area contributed by atoms with Gasteiger partial charge < -0.3 is 30.9 Å². The molecule has 9 heteroatoms. The molecule has 0 heterocycles. The number of allylic oxidation sites excluding steroid dienone is 1. The molecule has 0 bridgehead atoms. The van der Waals surface area contributed by atoms with Gasteiger partial charge in [-0.25, -0.2) is 0 Å². The molecule has 3 atom stereocenters. The topological polar surface area (TPSA) is 118 Å². The molecule has 41 heavy (non-hydrogen) atoms. The third kappa shape index (κ3) is 23.7. The van der Waals surface area contributed by atoms with E-state index in [1.54, 1.807) is 20.3 Å². The molecule has 0 saturated heterocycles. The van der Waals surface area contributed by atoms with Crippen LogP contribution in [0.2, 0.25) is 0 Å². The lowest BCUT2D eigenvalue weighted by Gasteiger charge is -2.27. The molecule has 0 spiro atoms. The number of aliphatic hydroxyl groups is 2. The van der Waals surface area contributed by atoms with E-state index in [-0.39, 0.29) is 5.97 Å². The molecule has 0 aromatic heterocycles. The maximum atomic E-state index is 12.5. The van der Waals surface area contributed by atoms with Gasteiger partial charge in [0, 0.05) is 32.9 Å². The van der Waals surface area contributed by atoms with Crippen molar-refractivity contribution in [3.8, 4) is 0 Å². The molecule has 0 saturated carbocycles. The van der Waals surface area contributed by atoms with Crippen LogP contribution in [0.1, 0.15) is 110 Å². The van der Waals surface area contributed by atoms with Crippen molar-refractivity contribution >= 4 is 12.7 Å². The van der Waals surface area contributed by atoms with Crippen molar-refractivity contribution in [2.24, 2.45) is 4.99 Å². The first-order valence-corrected chi connectivity index (χ1v) is 16.4. The zero-order valence-electron chi connectivity index (χ0n) is 27.0. The summed E-state index contributed by atoms with van der Waals surface area (Å²) in [7, 11) is 3.56. The van der Waals surface area contributed by atoms with E-state index in [2.05, 4.69) is 46.4 Å². The number of esters is 1. The summed E-state index contributed by atoms with van der Waals surface area (Å²) < 4.78 is 5.54. The maximum absolute atomic E-state index is 12.5. The SMILES string of the molecule is C=N/C(=C\NC)CCC(NC)C(=O)OCCCCN(CC(O)CCCCCCCC)CC(O)CNCCCCCC. The highest BCUT2D eigenvalue weighted by Gasteiger charge is 2.19. The molecule has 0 rings (SSSR count). The first-order valence-electron chi connectivity index (χ1n) is 16.4. The van der Waals surface area contributed by atoms with Gasteiger partial charge in [-0.15, -0.1) is 0 Å². The molecule has 0 radical (unpaired) electrons. The molecule has 9 nitrogen and oxygen atoms in total. The number of carbonyl (C=O) groups is 1. The van der Waals surface area contributed by atoms with E-state index in [0.717, 1.165) is 57.3 Å². The zero-order valence-corrected chi connectivity index (χ0v) is 27.0. The Labute approximate surface area is 252 Å². The third-order valence-corrected chi connectivity index (χ3v) is 7.37. The predicted molar refractivity (Wildman–Crippen MR) is 172 cm³/mol. The van der Waals surface area contributed by atoms with Gasteiger partial charge in [-0.1, -0.05) is 71.6 Å². The fourth-order valence-corrected chi connectivity index (χ4v) is 4.86. The van der Waals surface area contributed by atoms with Crippen molar-refractivity contribution in [3.63, 3.8) is 0 Å². The number of rotatable bonds is 30. The maximum Gasteiger partial charge on any atom is 0.323 e. The summed E-state index contributed by atoms with van der Waals surface area (Å²) in [6, 6.07) is -0.393. The van der Waals surface area contributed by atoms with Crippen LogP contribution >= 0.6 is 0 Å². The van der Waals surface area contributed by atoms with Crippen LogP contribution in [-0.2, 0) is 9.53 Å². The Morgan fingerprint density at radius 1 is 0.902 bits per heavy atom. The minimum atomic E-state index is -0.483. The number of likely N-dealkylation sites (N-methyl/N-ethyl adjacent to an activating group) is 1. The molecular formula is C32H65N5O4. The van der Waals surface area contributed by atoms with Crippen LogP contribution in [0.15, 0.2) is 16.9 Å². The van der Waals surface area contributed by atoms with E-state index < -0.39 is 18.2 Å². The van der Waals surface area contributed by atoms with Gasteiger partial charge in [0.1, 0.15) is 6.04 Å². The first kappa shape index (κ1) is 39.5. The number of nitrogens with zero attached hydrogens (tertiary/aromatic N) is 2. The van der Waals surface area contributed by atoms with Crippen LogP contribution in [-0.4, -0.2) is 99.5 Å². The molecular weight excluding hydrogens is 518 g/mol. The quantitative estimate of drug-likeness (QED) is 0.0480. The third-order valence-electron chi connectivity index (χ3n) is 7.37. The van der Waals surface area contributed by atoms with Gasteiger partial charge in [0.05, 0.1) is 24.5 Å². The van der Waals surface area contributed by atoms with E-state index in [9.17, 15) is 15.0 Å². The molecule has 0 amide bonds. The van der Waals surface area contributed by atoms with Crippen molar-refractivity contribution in [1.82, 2.24) is 20.9 Å². The largest absolute Gasteiger partial charge is 0.465 e. The minimum absolute atomic E-state index is 0.257. The lowest BCUT2D eigenvalue weighted by Crippen LogP contribution is -2.42. The number of unbranched alkanes of at least 4 members (excludes halogenated alkanes) is 9. The lowest BCUT2D eigenvalue weighted by molar-refractivity contribution is -0.146. The van der Waals surface area contributed by atoms with Crippen LogP contribution in [0, 0.1) is 0 Å². The van der Waals surface area contributed by atoms with Crippen LogP contribution in [0.5, 0.6) is 0 Å². The summed E-state index contributed by atoms with van der Waals surface area (Å²) >= 11 is 0. The van der Waals surface area contributed by atoms with Gasteiger partial charge in [-0.05, 0) is 65.4 Å². The lowest BCUT2D eigenvalue weighted by atomic mass is 10.1. The summed E-state index contributed by atoms with van der Waals surface area (Å²) in [4.78, 5) is 18.7. The Hall–Kier alpha value is -1.52. The van der Waals surface area contributed by atoms with Crippen molar-refractivity contribution in [3.05, 3.63) is 11.9 Å². The number of hydrogen-bond donors (Lipinski definition) is 5. The average Bonchev–Trinajstić information content (AvgIpc) is 2.96. The summed E-state index contributed by atoms with van der Waals surface area (Å²) in [5.41, 5.74) is 0.799. The second-order valence-electron chi connectivity index (χ2n) is 11.2. The van der Waals surface area contributed by atoms with Crippen LogP contribution in [0.25, 0.3) is 0 Å². The Morgan fingerprint density at radius 3 is 2.22 bits per heavy atom. The summed E-state index contributed by atoms with van der Waals surface area (Å²) in [5.74, 6) is -0.257. The molecule has 0 fully saturated rings. The Balaban J connectivity index is 4.58. The summed E-state index contributed by atoms with van der Waals surface area (Å²) in [6.45, 7) is 11.7. The fourth-order valence-electron chi connectivity index (χ4n) is 4.86. The Morgan fingerprint density at radius 2 is 1.56 bits per heavy atom. The Kier molecular flexibility index (Phi) is 27.5. The molecule has 5 N–H and O–H groups in total. The standard InChI is InChI=1S/C32H65N5O4/c1-6-8-10-12-13-14-18-29(38)26-37(27-30(39)25-36-21-15-11-9-7-2)22-16-17-23-41-32(40)31(35-5)20-19-28(34-4)24-33-3/h24,29-31,33,35-36,38-39H,4,6-23,25-27H2,1-3,5H3/b28-24-. The van der Waals surface area contributed by atoms with Crippen molar-refractivity contribution in [2.45, 2.75) is 128 Å². The van der Waals surface area contributed by atoms with Gasteiger partial charge in [-0.2, -0.15) is 0 Å². The highest BCUT2D eigenvalue weighted by Crippen LogP contribution is 2.11. The first-order chi connectivity index (χ1) is 19.9.